The van der Waals surface area contributed by atoms with Crippen molar-refractivity contribution < 1.29 is 27.4 Å². The van der Waals surface area contributed by atoms with Gasteiger partial charge in [-0.25, -0.2) is 4.79 Å². The predicted octanol–water partition coefficient (Wildman–Crippen LogP) is 2.06. The van der Waals surface area contributed by atoms with Crippen LogP contribution in [0.5, 0.6) is 0 Å². The summed E-state index contributed by atoms with van der Waals surface area (Å²) >= 11 is 0. The van der Waals surface area contributed by atoms with Gasteiger partial charge in [-0.1, -0.05) is 30.3 Å². The Bertz CT molecular complexity index is 410. The van der Waals surface area contributed by atoms with Gasteiger partial charge in [-0.15, -0.1) is 0 Å². The molecule has 1 fully saturated rings. The van der Waals surface area contributed by atoms with Gasteiger partial charge in [-0.05, 0) is 5.56 Å². The fourth-order valence-corrected chi connectivity index (χ4v) is 1.31. The van der Waals surface area contributed by atoms with Crippen LogP contribution in [-0.4, -0.2) is 24.4 Å². The van der Waals surface area contributed by atoms with Crippen LogP contribution in [0, 0.1) is 0 Å². The lowest BCUT2D eigenvalue weighted by atomic mass is 10.1. The van der Waals surface area contributed by atoms with Crippen LogP contribution in [0.1, 0.15) is 5.56 Å². The third-order valence-corrected chi connectivity index (χ3v) is 2.43. The Morgan fingerprint density at radius 2 is 1.94 bits per heavy atom. The molecule has 1 aliphatic heterocycles. The highest BCUT2D eigenvalue weighted by Gasteiger charge is 2.72. The number of halogens is 3. The molecule has 0 aliphatic carbocycles. The van der Waals surface area contributed by atoms with Crippen molar-refractivity contribution in [3.63, 3.8) is 0 Å². The molecule has 3 nitrogen and oxygen atoms in total. The monoisotopic (exact) mass is 246 g/mol. The molecule has 0 bridgehead atoms. The number of benzene rings is 1. The maximum atomic E-state index is 12.4. The highest BCUT2D eigenvalue weighted by molar-refractivity contribution is 5.83. The Balaban J connectivity index is 1.95. The van der Waals surface area contributed by atoms with E-state index >= 15 is 0 Å². The Hall–Kier alpha value is -1.56. The largest absolute Gasteiger partial charge is 0.458 e. The first-order chi connectivity index (χ1) is 7.96. The van der Waals surface area contributed by atoms with Crippen molar-refractivity contribution in [2.45, 2.75) is 18.4 Å². The van der Waals surface area contributed by atoms with Gasteiger partial charge in [-0.2, -0.15) is 13.2 Å². The third-order valence-electron chi connectivity index (χ3n) is 2.43. The lowest BCUT2D eigenvalue weighted by Crippen LogP contribution is -2.41. The van der Waals surface area contributed by atoms with E-state index in [2.05, 4.69) is 9.47 Å². The Labute approximate surface area is 95.1 Å². The van der Waals surface area contributed by atoms with Crippen LogP contribution in [0.3, 0.4) is 0 Å². The molecule has 1 aromatic carbocycles. The van der Waals surface area contributed by atoms with E-state index in [1.165, 1.54) is 0 Å². The van der Waals surface area contributed by atoms with Crippen LogP contribution in [0.2, 0.25) is 0 Å². The van der Waals surface area contributed by atoms with Crippen LogP contribution in [0.15, 0.2) is 30.3 Å². The minimum Gasteiger partial charge on any atom is -0.458 e. The molecule has 0 saturated carbocycles. The number of carbonyl (C=O) groups excluding carboxylic acids is 1. The highest BCUT2D eigenvalue weighted by Crippen LogP contribution is 2.44. The highest BCUT2D eigenvalue weighted by atomic mass is 19.4. The summed E-state index contributed by atoms with van der Waals surface area (Å²) in [4.78, 5) is 11.3. The molecule has 0 aromatic heterocycles. The summed E-state index contributed by atoms with van der Waals surface area (Å²) in [7, 11) is 0. The molecule has 92 valence electrons. The molecule has 1 aliphatic rings. The predicted molar refractivity (Wildman–Crippen MR) is 51.0 cm³/mol. The van der Waals surface area contributed by atoms with E-state index in [0.29, 0.717) is 5.56 Å². The number of hydrogen-bond acceptors (Lipinski definition) is 3. The topological polar surface area (TPSA) is 38.8 Å². The molecule has 1 aromatic rings. The van der Waals surface area contributed by atoms with Gasteiger partial charge in [0.05, 0.1) is 6.61 Å². The first-order valence-electron chi connectivity index (χ1n) is 4.87. The number of epoxide rings is 1. The van der Waals surface area contributed by atoms with Crippen LogP contribution < -0.4 is 0 Å². The molecular formula is C11H9F3O3. The number of alkyl halides is 3. The van der Waals surface area contributed by atoms with Crippen molar-refractivity contribution in [1.82, 2.24) is 0 Å². The zero-order valence-corrected chi connectivity index (χ0v) is 8.66. The fourth-order valence-electron chi connectivity index (χ4n) is 1.31. The van der Waals surface area contributed by atoms with Gasteiger partial charge in [0.2, 0.25) is 0 Å². The zero-order valence-electron chi connectivity index (χ0n) is 8.66. The van der Waals surface area contributed by atoms with Crippen molar-refractivity contribution >= 4 is 5.97 Å². The third kappa shape index (κ3) is 2.26. The summed E-state index contributed by atoms with van der Waals surface area (Å²) in [5.74, 6) is -1.38. The second kappa shape index (κ2) is 4.03. The summed E-state index contributed by atoms with van der Waals surface area (Å²) in [5.41, 5.74) is -2.11. The van der Waals surface area contributed by atoms with Gasteiger partial charge in [0.25, 0.3) is 5.60 Å². The molecule has 6 heteroatoms. The van der Waals surface area contributed by atoms with E-state index in [1.54, 1.807) is 30.3 Å². The maximum Gasteiger partial charge on any atom is 0.430 e. The van der Waals surface area contributed by atoms with Crippen LogP contribution in [0.25, 0.3) is 0 Å². The lowest BCUT2D eigenvalue weighted by molar-refractivity contribution is -0.204. The summed E-state index contributed by atoms with van der Waals surface area (Å²) in [6.07, 6.45) is -4.72. The smallest absolute Gasteiger partial charge is 0.430 e. The first kappa shape index (κ1) is 11.9. The minimum atomic E-state index is -4.72. The normalized spacial score (nSPS) is 23.2. The average Bonchev–Trinajstić information content (AvgIpc) is 3.07. The molecule has 1 heterocycles. The molecule has 17 heavy (non-hydrogen) atoms. The molecule has 0 N–H and O–H groups in total. The van der Waals surface area contributed by atoms with Crippen molar-refractivity contribution in [3.05, 3.63) is 35.9 Å². The second-order valence-corrected chi connectivity index (χ2v) is 3.68. The van der Waals surface area contributed by atoms with Gasteiger partial charge in [-0.3, -0.25) is 0 Å². The van der Waals surface area contributed by atoms with E-state index in [1.807, 2.05) is 0 Å². The molecule has 0 spiro atoms. The SMILES string of the molecule is O=C(OCc1ccccc1)[C@]1(C(F)(F)F)CO1. The van der Waals surface area contributed by atoms with Gasteiger partial charge in [0.1, 0.15) is 6.61 Å². The van der Waals surface area contributed by atoms with Gasteiger partial charge in [0.15, 0.2) is 0 Å². The molecule has 1 atom stereocenters. The van der Waals surface area contributed by atoms with Gasteiger partial charge in [0, 0.05) is 0 Å². The number of esters is 1. The minimum absolute atomic E-state index is 0.194. The molecular weight excluding hydrogens is 237 g/mol. The summed E-state index contributed by atoms with van der Waals surface area (Å²) < 4.78 is 46.1. The van der Waals surface area contributed by atoms with Crippen molar-refractivity contribution in [3.8, 4) is 0 Å². The Morgan fingerprint density at radius 1 is 1.35 bits per heavy atom. The van der Waals surface area contributed by atoms with Gasteiger partial charge < -0.3 is 9.47 Å². The van der Waals surface area contributed by atoms with Crippen molar-refractivity contribution in [1.29, 1.82) is 0 Å². The summed E-state index contributed by atoms with van der Waals surface area (Å²) in [6, 6.07) is 8.47. The van der Waals surface area contributed by atoms with E-state index in [0.717, 1.165) is 0 Å². The summed E-state index contributed by atoms with van der Waals surface area (Å²) in [6.45, 7) is -0.856. The Kier molecular flexibility index (Phi) is 2.82. The van der Waals surface area contributed by atoms with Crippen LogP contribution in [-0.2, 0) is 20.9 Å². The second-order valence-electron chi connectivity index (χ2n) is 3.68. The van der Waals surface area contributed by atoms with E-state index in [-0.39, 0.29) is 6.61 Å². The van der Waals surface area contributed by atoms with Crippen molar-refractivity contribution in [2.24, 2.45) is 0 Å². The lowest BCUT2D eigenvalue weighted by Gasteiger charge is -2.14. The molecule has 0 unspecified atom stereocenters. The van der Waals surface area contributed by atoms with Crippen LogP contribution in [0.4, 0.5) is 13.2 Å². The maximum absolute atomic E-state index is 12.4. The quantitative estimate of drug-likeness (QED) is 0.605. The number of hydrogen-bond donors (Lipinski definition) is 0. The number of rotatable bonds is 3. The van der Waals surface area contributed by atoms with Crippen molar-refractivity contribution in [2.75, 3.05) is 6.61 Å². The average molecular weight is 246 g/mol. The fraction of sp³-hybridized carbons (Fsp3) is 0.364. The Morgan fingerprint density at radius 3 is 2.41 bits per heavy atom. The van der Waals surface area contributed by atoms with E-state index in [4.69, 9.17) is 0 Å². The standard InChI is InChI=1S/C11H9F3O3/c12-11(13,14)10(7-17-10)9(15)16-6-8-4-2-1-3-5-8/h1-5H,6-7H2/t10-/m0/s1. The van der Waals surface area contributed by atoms with E-state index in [9.17, 15) is 18.0 Å². The molecule has 1 saturated heterocycles. The summed E-state index contributed by atoms with van der Waals surface area (Å²) in [5, 5.41) is 0. The molecule has 0 radical (unpaired) electrons. The van der Waals surface area contributed by atoms with Gasteiger partial charge >= 0.3 is 12.1 Å². The van der Waals surface area contributed by atoms with E-state index < -0.39 is 24.4 Å². The van der Waals surface area contributed by atoms with Crippen LogP contribution >= 0.6 is 0 Å². The molecule has 0 amide bonds. The first-order valence-corrected chi connectivity index (χ1v) is 4.87. The molecule has 2 rings (SSSR count). The number of carbonyl (C=O) groups is 1. The zero-order chi connectivity index (χ0) is 12.5. The number of ether oxygens (including phenoxy) is 2.